The maximum Gasteiger partial charge on any atom is 0.309 e. The Morgan fingerprint density at radius 1 is 0.921 bits per heavy atom. The fourth-order valence-electron chi connectivity index (χ4n) is 5.32. The molecule has 2 aliphatic heterocycles. The van der Waals surface area contributed by atoms with Gasteiger partial charge in [0.2, 0.25) is 11.8 Å². The third-order valence-electron chi connectivity index (χ3n) is 7.46. The largest absolute Gasteiger partial charge is 0.463 e. The lowest BCUT2D eigenvalue weighted by Gasteiger charge is -2.27. The molecule has 0 spiro atoms. The molecule has 1 saturated heterocycles. The fraction of sp³-hybridized carbons (Fsp3) is 0.452. The third-order valence-corrected chi connectivity index (χ3v) is 7.46. The molecule has 2 N–H and O–H groups in total. The van der Waals surface area contributed by atoms with Gasteiger partial charge in [-0.05, 0) is 49.7 Å². The summed E-state index contributed by atoms with van der Waals surface area (Å²) in [5.41, 5.74) is 2.09. The van der Waals surface area contributed by atoms with Crippen LogP contribution in [0.2, 0.25) is 0 Å². The predicted octanol–water partition coefficient (Wildman–Crippen LogP) is 3.46. The van der Waals surface area contributed by atoms with Gasteiger partial charge in [0.25, 0.3) is 0 Å². The topological polar surface area (TPSA) is 95.9 Å². The van der Waals surface area contributed by atoms with Crippen molar-refractivity contribution in [1.29, 1.82) is 0 Å². The highest BCUT2D eigenvalue weighted by atomic mass is 16.5. The highest BCUT2D eigenvalue weighted by molar-refractivity contribution is 5.86. The average Bonchev–Trinajstić information content (AvgIpc) is 3.42. The molecule has 2 aromatic carbocycles. The molecular formula is C31H38N2O5. The Balaban J connectivity index is 1.52. The number of hydrogen-bond donors (Lipinski definition) is 2. The quantitative estimate of drug-likeness (QED) is 0.432. The zero-order valence-electron chi connectivity index (χ0n) is 21.8. The molecule has 202 valence electrons. The molecule has 0 radical (unpaired) electrons. The van der Waals surface area contributed by atoms with Gasteiger partial charge in [0.1, 0.15) is 6.61 Å². The van der Waals surface area contributed by atoms with E-state index in [9.17, 15) is 19.5 Å². The lowest BCUT2D eigenvalue weighted by atomic mass is 9.94. The minimum Gasteiger partial charge on any atom is -0.463 e. The monoisotopic (exact) mass is 518 g/mol. The first-order valence-electron chi connectivity index (χ1n) is 13.6. The molecule has 2 aromatic rings. The van der Waals surface area contributed by atoms with Crippen LogP contribution in [0, 0.1) is 11.8 Å². The van der Waals surface area contributed by atoms with Crippen molar-refractivity contribution >= 4 is 17.8 Å². The number of cyclic esters (lactones) is 1. The number of aliphatic hydroxyl groups excluding tert-OH is 1. The van der Waals surface area contributed by atoms with Crippen LogP contribution in [0.5, 0.6) is 0 Å². The van der Waals surface area contributed by atoms with Gasteiger partial charge in [0.05, 0.1) is 30.5 Å². The molecule has 0 unspecified atom stereocenters. The van der Waals surface area contributed by atoms with Gasteiger partial charge in [-0.1, -0.05) is 72.8 Å². The number of esters is 1. The van der Waals surface area contributed by atoms with Crippen LogP contribution in [-0.2, 0) is 32.0 Å². The minimum atomic E-state index is -0.542. The van der Waals surface area contributed by atoms with E-state index < -0.39 is 12.0 Å². The Bertz CT molecular complexity index is 1090. The number of rotatable bonds is 7. The number of amides is 2. The Hall–Kier alpha value is -3.45. The Kier molecular flexibility index (Phi) is 10.1. The molecule has 0 bridgehead atoms. The second-order valence-corrected chi connectivity index (χ2v) is 10.3. The van der Waals surface area contributed by atoms with Crippen molar-refractivity contribution in [2.75, 3.05) is 19.8 Å². The lowest BCUT2D eigenvalue weighted by Crippen LogP contribution is -2.45. The van der Waals surface area contributed by atoms with E-state index in [-0.39, 0.29) is 49.4 Å². The van der Waals surface area contributed by atoms with Gasteiger partial charge in [-0.25, -0.2) is 0 Å². The van der Waals surface area contributed by atoms with Gasteiger partial charge in [0.15, 0.2) is 0 Å². The van der Waals surface area contributed by atoms with Crippen molar-refractivity contribution in [2.24, 2.45) is 11.8 Å². The number of aliphatic hydroxyl groups is 1. The standard InChI is InChI=1S/C31H38N2O5/c34-21-28-16-9-17-33(28)29(35)20-25-14-7-8-15-26(18-23-10-3-1-4-11-23)31(37)38-22-27(32-30(25)36)19-24-12-5-2-6-13-24/h1-8,10-13,25-28,34H,9,14-22H2,(H,32,36)/t25-,26-,27+,28+/m1/s1. The summed E-state index contributed by atoms with van der Waals surface area (Å²) in [5, 5.41) is 12.7. The van der Waals surface area contributed by atoms with Crippen LogP contribution in [0.25, 0.3) is 0 Å². The number of benzene rings is 2. The SMILES string of the molecule is O=C1N[C@@H](Cc2ccccc2)COC(=O)[C@@H](Cc2ccccc2)CC=CC[C@@H]1CC(=O)N1CCC[C@H]1CO. The van der Waals surface area contributed by atoms with Crippen LogP contribution < -0.4 is 5.32 Å². The Morgan fingerprint density at radius 2 is 1.55 bits per heavy atom. The van der Waals surface area contributed by atoms with Crippen molar-refractivity contribution in [3.05, 3.63) is 83.9 Å². The number of likely N-dealkylation sites (tertiary alicyclic amines) is 1. The number of hydrogen-bond acceptors (Lipinski definition) is 5. The van der Waals surface area contributed by atoms with Crippen molar-refractivity contribution in [3.63, 3.8) is 0 Å². The van der Waals surface area contributed by atoms with Crippen LogP contribution in [0.15, 0.2) is 72.8 Å². The Labute approximate surface area is 224 Å². The summed E-state index contributed by atoms with van der Waals surface area (Å²) >= 11 is 0. The second-order valence-electron chi connectivity index (χ2n) is 10.3. The van der Waals surface area contributed by atoms with Gasteiger partial charge in [0, 0.05) is 13.0 Å². The third kappa shape index (κ3) is 7.78. The summed E-state index contributed by atoms with van der Waals surface area (Å²) in [5.74, 6) is -1.48. The fourth-order valence-corrected chi connectivity index (χ4v) is 5.32. The van der Waals surface area contributed by atoms with E-state index >= 15 is 0 Å². The summed E-state index contributed by atoms with van der Waals surface area (Å²) in [6, 6.07) is 19.1. The van der Waals surface area contributed by atoms with Crippen molar-refractivity contribution < 1.29 is 24.2 Å². The molecule has 2 aliphatic rings. The molecule has 1 fully saturated rings. The van der Waals surface area contributed by atoms with E-state index in [1.807, 2.05) is 72.8 Å². The first-order chi connectivity index (χ1) is 18.5. The zero-order chi connectivity index (χ0) is 26.7. The summed E-state index contributed by atoms with van der Waals surface area (Å²) in [6.45, 7) is 0.617. The molecule has 0 aliphatic carbocycles. The molecule has 0 saturated carbocycles. The lowest BCUT2D eigenvalue weighted by molar-refractivity contribution is -0.150. The van der Waals surface area contributed by atoms with E-state index in [1.165, 1.54) is 0 Å². The van der Waals surface area contributed by atoms with Gasteiger partial charge < -0.3 is 20.1 Å². The zero-order valence-corrected chi connectivity index (χ0v) is 21.8. The first kappa shape index (κ1) is 27.6. The first-order valence-corrected chi connectivity index (χ1v) is 13.6. The number of allylic oxidation sites excluding steroid dienone is 2. The Morgan fingerprint density at radius 3 is 2.21 bits per heavy atom. The highest BCUT2D eigenvalue weighted by Crippen LogP contribution is 2.22. The molecule has 2 heterocycles. The van der Waals surface area contributed by atoms with E-state index in [0.29, 0.717) is 32.2 Å². The molecule has 4 rings (SSSR count). The number of nitrogens with zero attached hydrogens (tertiary/aromatic N) is 1. The summed E-state index contributed by atoms with van der Waals surface area (Å²) in [7, 11) is 0. The van der Waals surface area contributed by atoms with Gasteiger partial charge in [-0.2, -0.15) is 0 Å². The minimum absolute atomic E-state index is 0.0597. The summed E-state index contributed by atoms with van der Waals surface area (Å²) in [4.78, 5) is 41.3. The number of carbonyl (C=O) groups is 3. The van der Waals surface area contributed by atoms with Gasteiger partial charge in [-0.3, -0.25) is 14.4 Å². The molecule has 0 aromatic heterocycles. The molecular weight excluding hydrogens is 480 g/mol. The van der Waals surface area contributed by atoms with E-state index in [4.69, 9.17) is 4.74 Å². The second kappa shape index (κ2) is 13.9. The molecule has 38 heavy (non-hydrogen) atoms. The van der Waals surface area contributed by atoms with Crippen LogP contribution in [0.3, 0.4) is 0 Å². The highest BCUT2D eigenvalue weighted by Gasteiger charge is 2.32. The molecule has 7 nitrogen and oxygen atoms in total. The van der Waals surface area contributed by atoms with E-state index in [2.05, 4.69) is 5.32 Å². The van der Waals surface area contributed by atoms with Crippen LogP contribution in [0.1, 0.15) is 43.2 Å². The van der Waals surface area contributed by atoms with Crippen molar-refractivity contribution in [2.45, 2.75) is 57.0 Å². The molecule has 4 atom stereocenters. The van der Waals surface area contributed by atoms with Gasteiger partial charge in [-0.15, -0.1) is 0 Å². The number of ether oxygens (including phenoxy) is 1. The summed E-state index contributed by atoms with van der Waals surface area (Å²) in [6.07, 6.45) is 7.54. The van der Waals surface area contributed by atoms with Crippen LogP contribution in [-0.4, -0.2) is 59.6 Å². The van der Waals surface area contributed by atoms with Crippen molar-refractivity contribution in [3.8, 4) is 0 Å². The number of nitrogens with one attached hydrogen (secondary N) is 1. The normalized spacial score (nSPS) is 24.7. The van der Waals surface area contributed by atoms with E-state index in [1.54, 1.807) is 4.90 Å². The van der Waals surface area contributed by atoms with Crippen molar-refractivity contribution in [1.82, 2.24) is 10.2 Å². The smallest absolute Gasteiger partial charge is 0.309 e. The van der Waals surface area contributed by atoms with E-state index in [0.717, 1.165) is 24.0 Å². The predicted molar refractivity (Wildman–Crippen MR) is 145 cm³/mol. The van der Waals surface area contributed by atoms with Crippen LogP contribution >= 0.6 is 0 Å². The summed E-state index contributed by atoms with van der Waals surface area (Å²) < 4.78 is 5.77. The maximum absolute atomic E-state index is 13.4. The van der Waals surface area contributed by atoms with Crippen LogP contribution in [0.4, 0.5) is 0 Å². The van der Waals surface area contributed by atoms with Gasteiger partial charge >= 0.3 is 5.97 Å². The molecule has 2 amide bonds. The maximum atomic E-state index is 13.4. The average molecular weight is 519 g/mol. The number of carbonyl (C=O) groups excluding carboxylic acids is 3. The molecule has 7 heteroatoms.